The fraction of sp³-hybridized carbons (Fsp3) is 0.500. The second-order valence-electron chi connectivity index (χ2n) is 11.0. The number of epoxide rings is 1. The molecule has 1 aliphatic carbocycles. The first-order valence-corrected chi connectivity index (χ1v) is 14.4. The fourth-order valence-electron chi connectivity index (χ4n) is 5.46. The molecule has 1 fully saturated rings. The van der Waals surface area contributed by atoms with Gasteiger partial charge >= 0.3 is 5.97 Å². The highest BCUT2D eigenvalue weighted by Crippen LogP contribution is 2.58. The molecule has 0 radical (unpaired) electrons. The maximum absolute atomic E-state index is 13.8. The maximum atomic E-state index is 13.8. The number of benzene rings is 1. The molecule has 4 rings (SSSR count). The summed E-state index contributed by atoms with van der Waals surface area (Å²) in [4.78, 5) is 45.2. The van der Waals surface area contributed by atoms with E-state index in [1.165, 1.54) is 0 Å². The average molecular weight is 548 g/mol. The van der Waals surface area contributed by atoms with Gasteiger partial charge < -0.3 is 20.5 Å². The van der Waals surface area contributed by atoms with E-state index in [1.807, 2.05) is 25.1 Å². The number of nitrogens with zero attached hydrogens (tertiary/aromatic N) is 1. The number of nitrogens with one attached hydrogen (secondary N) is 1. The number of anilines is 1. The van der Waals surface area contributed by atoms with Crippen LogP contribution in [0.5, 0.6) is 0 Å². The normalized spacial score (nSPS) is 22.4. The number of hydrogen-bond acceptors (Lipinski definition) is 8. The molecule has 0 saturated carbocycles. The van der Waals surface area contributed by atoms with Crippen LogP contribution in [0.25, 0.3) is 0 Å². The monoisotopic (exact) mass is 547 g/mol. The zero-order chi connectivity index (χ0) is 28.8. The molecule has 1 aliphatic heterocycles. The van der Waals surface area contributed by atoms with E-state index in [2.05, 4.69) is 24.1 Å². The second kappa shape index (κ2) is 12.9. The molecule has 3 atom stereocenters. The summed E-state index contributed by atoms with van der Waals surface area (Å²) in [6.07, 6.45) is 9.13. The van der Waals surface area contributed by atoms with E-state index in [-0.39, 0.29) is 35.9 Å². The van der Waals surface area contributed by atoms with Crippen LogP contribution in [0.15, 0.2) is 54.2 Å². The smallest absolute Gasteiger partial charge is 0.350 e. The van der Waals surface area contributed by atoms with Crippen LogP contribution in [0.3, 0.4) is 0 Å². The van der Waals surface area contributed by atoms with E-state index in [1.54, 1.807) is 30.5 Å². The standard InChI is InChI=1S/C32H41N3O5/c1-4-6-9-24(20-34-17-5-2)21-39-30(38)32-29(37)26-11-8-7-10-25(26)28(36)31(32,40-32)16-14-22(3)12-13-23-15-18-35-27(33)19-23/h7-8,10-11,14-15,18-19,24,34H,4-6,9,12-13,16-17,20-21H2,1-3H3,(H2,33,35). The molecule has 1 saturated heterocycles. The molecule has 0 spiro atoms. The zero-order valence-corrected chi connectivity index (χ0v) is 23.8. The van der Waals surface area contributed by atoms with E-state index in [9.17, 15) is 14.4 Å². The second-order valence-corrected chi connectivity index (χ2v) is 11.0. The van der Waals surface area contributed by atoms with E-state index in [0.29, 0.717) is 5.82 Å². The van der Waals surface area contributed by atoms with Crippen molar-refractivity contribution in [2.24, 2.45) is 5.92 Å². The van der Waals surface area contributed by atoms with Gasteiger partial charge in [-0.3, -0.25) is 9.59 Å². The molecule has 40 heavy (non-hydrogen) atoms. The third-order valence-corrected chi connectivity index (χ3v) is 7.91. The van der Waals surface area contributed by atoms with Gasteiger partial charge in [0.05, 0.1) is 6.61 Å². The predicted octanol–water partition coefficient (Wildman–Crippen LogP) is 4.87. The molecule has 2 heterocycles. The third-order valence-electron chi connectivity index (χ3n) is 7.91. The lowest BCUT2D eigenvalue weighted by molar-refractivity contribution is -0.149. The van der Waals surface area contributed by atoms with Gasteiger partial charge in [-0.25, -0.2) is 9.78 Å². The van der Waals surface area contributed by atoms with Gasteiger partial charge in [0.25, 0.3) is 5.60 Å². The van der Waals surface area contributed by atoms with Gasteiger partial charge in [-0.05, 0) is 56.8 Å². The molecule has 214 valence electrons. The van der Waals surface area contributed by atoms with Crippen LogP contribution in [-0.4, -0.2) is 53.4 Å². The molecular formula is C32H41N3O5. The lowest BCUT2D eigenvalue weighted by atomic mass is 9.72. The summed E-state index contributed by atoms with van der Waals surface area (Å²) in [5.74, 6) is -1.03. The minimum atomic E-state index is -1.94. The summed E-state index contributed by atoms with van der Waals surface area (Å²) >= 11 is 0. The summed E-state index contributed by atoms with van der Waals surface area (Å²) in [5, 5.41) is 3.40. The van der Waals surface area contributed by atoms with Gasteiger partial charge in [0.1, 0.15) is 5.82 Å². The number of carbonyl (C=O) groups is 3. The number of unbranched alkanes of at least 4 members (excludes halogenated alkanes) is 1. The molecule has 8 nitrogen and oxygen atoms in total. The Labute approximate surface area is 236 Å². The van der Waals surface area contributed by atoms with Gasteiger partial charge in [0, 0.05) is 36.2 Å². The van der Waals surface area contributed by atoms with Gasteiger partial charge in [-0.15, -0.1) is 0 Å². The van der Waals surface area contributed by atoms with Crippen LogP contribution in [0.1, 0.15) is 85.6 Å². The lowest BCUT2D eigenvalue weighted by Crippen LogP contribution is -2.50. The summed E-state index contributed by atoms with van der Waals surface area (Å²) in [6.45, 7) is 7.97. The lowest BCUT2D eigenvalue weighted by Gasteiger charge is -2.24. The van der Waals surface area contributed by atoms with E-state index in [0.717, 1.165) is 62.8 Å². The minimum Gasteiger partial charge on any atom is -0.463 e. The van der Waals surface area contributed by atoms with Crippen molar-refractivity contribution in [2.75, 3.05) is 25.4 Å². The molecule has 1 aromatic carbocycles. The summed E-state index contributed by atoms with van der Waals surface area (Å²) < 4.78 is 11.8. The van der Waals surface area contributed by atoms with Crippen molar-refractivity contribution in [2.45, 2.75) is 76.9 Å². The van der Waals surface area contributed by atoms with E-state index < -0.39 is 23.0 Å². The molecule has 0 bridgehead atoms. The number of fused-ring (bicyclic) bond motifs is 2. The molecule has 3 unspecified atom stereocenters. The molecule has 2 aliphatic rings. The minimum absolute atomic E-state index is 0.114. The quantitative estimate of drug-likeness (QED) is 0.106. The number of hydrogen-bond donors (Lipinski definition) is 2. The van der Waals surface area contributed by atoms with Crippen molar-refractivity contribution >= 4 is 23.4 Å². The van der Waals surface area contributed by atoms with Gasteiger partial charge in [-0.1, -0.05) is 62.6 Å². The highest BCUT2D eigenvalue weighted by molar-refractivity contribution is 6.32. The molecule has 8 heteroatoms. The highest BCUT2D eigenvalue weighted by Gasteiger charge is 2.85. The molecule has 0 amide bonds. The Balaban J connectivity index is 1.53. The Morgan fingerprint density at radius 2 is 1.90 bits per heavy atom. The van der Waals surface area contributed by atoms with Gasteiger partial charge in [0.2, 0.25) is 5.78 Å². The first-order valence-electron chi connectivity index (χ1n) is 14.4. The van der Waals surface area contributed by atoms with Crippen LogP contribution in [0.4, 0.5) is 5.82 Å². The number of carbonyl (C=O) groups excluding carboxylic acids is 3. The number of ketones is 2. The van der Waals surface area contributed by atoms with Crippen molar-refractivity contribution in [1.82, 2.24) is 10.3 Å². The zero-order valence-electron chi connectivity index (χ0n) is 23.8. The van der Waals surface area contributed by atoms with Crippen LogP contribution in [0.2, 0.25) is 0 Å². The number of ether oxygens (including phenoxy) is 2. The van der Waals surface area contributed by atoms with Crippen LogP contribution in [-0.2, 0) is 20.7 Å². The molecule has 2 aromatic rings. The predicted molar refractivity (Wildman–Crippen MR) is 154 cm³/mol. The SMILES string of the molecule is CCCCC(CNCCC)COC(=O)C12OC1(CC=C(C)CCc1ccnc(N)c1)C(=O)c1ccccc1C2=O. The number of aryl methyl sites for hydroxylation is 1. The number of nitrogen functional groups attached to an aromatic ring is 1. The van der Waals surface area contributed by atoms with Crippen LogP contribution < -0.4 is 11.1 Å². The first-order chi connectivity index (χ1) is 19.3. The van der Waals surface area contributed by atoms with Crippen molar-refractivity contribution in [1.29, 1.82) is 0 Å². The number of allylic oxidation sites excluding steroid dienone is 1. The average Bonchev–Trinajstić information content (AvgIpc) is 3.67. The van der Waals surface area contributed by atoms with E-state index in [4.69, 9.17) is 15.2 Å². The summed E-state index contributed by atoms with van der Waals surface area (Å²) in [6, 6.07) is 10.4. The number of Topliss-reactive ketones (excluding diaryl/α,β-unsaturated/α-hetero) is 2. The highest BCUT2D eigenvalue weighted by atomic mass is 16.7. The van der Waals surface area contributed by atoms with Crippen molar-refractivity contribution in [3.05, 3.63) is 70.9 Å². The summed E-state index contributed by atoms with van der Waals surface area (Å²) in [7, 11) is 0. The maximum Gasteiger partial charge on any atom is 0.350 e. The van der Waals surface area contributed by atoms with E-state index >= 15 is 0 Å². The largest absolute Gasteiger partial charge is 0.463 e. The van der Waals surface area contributed by atoms with Gasteiger partial charge in [0.15, 0.2) is 11.4 Å². The molecule has 1 aromatic heterocycles. The number of aromatic nitrogens is 1. The van der Waals surface area contributed by atoms with Crippen LogP contribution >= 0.6 is 0 Å². The topological polar surface area (TPSA) is 124 Å². The number of pyridine rings is 1. The Kier molecular flexibility index (Phi) is 9.53. The Bertz CT molecular complexity index is 1270. The van der Waals surface area contributed by atoms with Crippen molar-refractivity contribution < 1.29 is 23.9 Å². The van der Waals surface area contributed by atoms with Crippen molar-refractivity contribution in [3.63, 3.8) is 0 Å². The summed E-state index contributed by atoms with van der Waals surface area (Å²) in [5.41, 5.74) is 4.84. The molecule has 3 N–H and O–H groups in total. The molecular weight excluding hydrogens is 506 g/mol. The first kappa shape index (κ1) is 29.6. The Morgan fingerprint density at radius 1 is 1.15 bits per heavy atom. The van der Waals surface area contributed by atoms with Gasteiger partial charge in [-0.2, -0.15) is 0 Å². The Morgan fingerprint density at radius 3 is 2.60 bits per heavy atom. The fourth-order valence-corrected chi connectivity index (χ4v) is 5.46. The number of rotatable bonds is 15. The Hall–Kier alpha value is -3.36. The number of esters is 1. The number of nitrogens with two attached hydrogens (primary N) is 1. The van der Waals surface area contributed by atoms with Crippen molar-refractivity contribution in [3.8, 4) is 0 Å². The third kappa shape index (κ3) is 5.88. The van der Waals surface area contributed by atoms with Crippen LogP contribution in [0, 0.1) is 5.92 Å².